The fourth-order valence-electron chi connectivity index (χ4n) is 0.842. The highest BCUT2D eigenvalue weighted by Crippen LogP contribution is 2.36. The van der Waals surface area contributed by atoms with Crippen molar-refractivity contribution in [2.75, 3.05) is 6.61 Å². The summed E-state index contributed by atoms with van der Waals surface area (Å²) in [6.45, 7) is 4.32. The second kappa shape index (κ2) is 3.43. The summed E-state index contributed by atoms with van der Waals surface area (Å²) in [6.07, 6.45) is 1.13. The number of hydrogen-bond acceptors (Lipinski definition) is 2. The predicted molar refractivity (Wildman–Crippen MR) is 41.7 cm³/mol. The molecule has 0 aromatic carbocycles. The molecule has 1 aliphatic rings. The lowest BCUT2D eigenvalue weighted by molar-refractivity contribution is -0.136. The van der Waals surface area contributed by atoms with Gasteiger partial charge in [-0.25, -0.2) is 4.79 Å². The van der Waals surface area contributed by atoms with Crippen LogP contribution in [0.3, 0.4) is 0 Å². The van der Waals surface area contributed by atoms with Crippen LogP contribution in [0.2, 0.25) is 0 Å². The summed E-state index contributed by atoms with van der Waals surface area (Å²) in [5.74, 6) is 6.06. The monoisotopic (exact) mass is 152 g/mol. The Balaban J connectivity index is 2.26. The van der Waals surface area contributed by atoms with Crippen LogP contribution in [-0.4, -0.2) is 12.6 Å². The SMILES string of the molecule is CCOC(=O)C#CC1CC1C. The highest BCUT2D eigenvalue weighted by molar-refractivity contribution is 5.88. The third kappa shape index (κ3) is 2.63. The zero-order valence-corrected chi connectivity index (χ0v) is 6.89. The maximum atomic E-state index is 10.7. The molecule has 1 rings (SSSR count). The molecule has 2 atom stereocenters. The summed E-state index contributed by atoms with van der Waals surface area (Å²) in [4.78, 5) is 10.7. The minimum atomic E-state index is -0.397. The van der Waals surface area contributed by atoms with Crippen LogP contribution in [0.5, 0.6) is 0 Å². The van der Waals surface area contributed by atoms with Crippen molar-refractivity contribution in [2.24, 2.45) is 11.8 Å². The molecule has 0 aromatic heterocycles. The van der Waals surface area contributed by atoms with Crippen LogP contribution in [-0.2, 0) is 9.53 Å². The van der Waals surface area contributed by atoms with Crippen molar-refractivity contribution in [1.82, 2.24) is 0 Å². The molecule has 60 valence electrons. The lowest BCUT2D eigenvalue weighted by Crippen LogP contribution is -1.99. The van der Waals surface area contributed by atoms with E-state index in [1.54, 1.807) is 6.92 Å². The maximum Gasteiger partial charge on any atom is 0.384 e. The predicted octanol–water partition coefficient (Wildman–Crippen LogP) is 1.21. The molecule has 1 saturated carbocycles. The van der Waals surface area contributed by atoms with Crippen molar-refractivity contribution in [1.29, 1.82) is 0 Å². The van der Waals surface area contributed by atoms with Gasteiger partial charge in [-0.1, -0.05) is 12.8 Å². The van der Waals surface area contributed by atoms with Crippen LogP contribution in [0.15, 0.2) is 0 Å². The number of rotatable bonds is 1. The lowest BCUT2D eigenvalue weighted by Gasteiger charge is -1.90. The summed E-state index contributed by atoms with van der Waals surface area (Å²) >= 11 is 0. The quantitative estimate of drug-likeness (QED) is 0.320. The van der Waals surface area contributed by atoms with E-state index in [9.17, 15) is 4.79 Å². The lowest BCUT2D eigenvalue weighted by atomic mass is 10.3. The average molecular weight is 152 g/mol. The third-order valence-corrected chi connectivity index (χ3v) is 1.74. The Morgan fingerprint density at radius 3 is 2.82 bits per heavy atom. The Morgan fingerprint density at radius 1 is 1.73 bits per heavy atom. The average Bonchev–Trinajstić information content (AvgIpc) is 2.63. The fraction of sp³-hybridized carbons (Fsp3) is 0.667. The summed E-state index contributed by atoms with van der Waals surface area (Å²) in [6, 6.07) is 0. The molecule has 0 heterocycles. The Labute approximate surface area is 66.9 Å². The Hall–Kier alpha value is -0.970. The first kappa shape index (κ1) is 8.13. The van der Waals surface area contributed by atoms with Gasteiger partial charge in [0, 0.05) is 11.8 Å². The normalized spacial score (nSPS) is 26.7. The van der Waals surface area contributed by atoms with Gasteiger partial charge in [0.2, 0.25) is 0 Å². The van der Waals surface area contributed by atoms with E-state index >= 15 is 0 Å². The molecule has 0 radical (unpaired) electrons. The Morgan fingerprint density at radius 2 is 2.36 bits per heavy atom. The van der Waals surface area contributed by atoms with Gasteiger partial charge in [0.05, 0.1) is 6.61 Å². The van der Waals surface area contributed by atoms with Gasteiger partial charge in [-0.2, -0.15) is 0 Å². The first-order chi connectivity index (χ1) is 5.24. The maximum absolute atomic E-state index is 10.7. The first-order valence-electron chi connectivity index (χ1n) is 3.92. The van der Waals surface area contributed by atoms with Gasteiger partial charge in [0.25, 0.3) is 0 Å². The second-order valence-electron chi connectivity index (χ2n) is 2.81. The van der Waals surface area contributed by atoms with Gasteiger partial charge >= 0.3 is 5.97 Å². The van der Waals surface area contributed by atoms with Crippen LogP contribution < -0.4 is 0 Å². The van der Waals surface area contributed by atoms with E-state index in [4.69, 9.17) is 0 Å². The van der Waals surface area contributed by atoms with Crippen LogP contribution in [0, 0.1) is 23.7 Å². The summed E-state index contributed by atoms with van der Waals surface area (Å²) in [5, 5.41) is 0. The van der Waals surface area contributed by atoms with Crippen molar-refractivity contribution >= 4 is 5.97 Å². The topological polar surface area (TPSA) is 26.3 Å². The van der Waals surface area contributed by atoms with Crippen molar-refractivity contribution in [3.63, 3.8) is 0 Å². The zero-order chi connectivity index (χ0) is 8.27. The number of hydrogen-bond donors (Lipinski definition) is 0. The van der Waals surface area contributed by atoms with E-state index in [-0.39, 0.29) is 0 Å². The Bertz CT molecular complexity index is 209. The van der Waals surface area contributed by atoms with E-state index in [0.29, 0.717) is 18.4 Å². The minimum Gasteiger partial charge on any atom is -0.456 e. The van der Waals surface area contributed by atoms with Gasteiger partial charge in [-0.3, -0.25) is 0 Å². The molecule has 2 nitrogen and oxygen atoms in total. The van der Waals surface area contributed by atoms with Crippen LogP contribution in [0.4, 0.5) is 0 Å². The Kier molecular flexibility index (Phi) is 2.53. The van der Waals surface area contributed by atoms with Crippen LogP contribution in [0.1, 0.15) is 20.3 Å². The van der Waals surface area contributed by atoms with Crippen molar-refractivity contribution in [3.8, 4) is 11.8 Å². The van der Waals surface area contributed by atoms with Crippen molar-refractivity contribution in [3.05, 3.63) is 0 Å². The van der Waals surface area contributed by atoms with E-state index in [2.05, 4.69) is 23.5 Å². The molecule has 0 N–H and O–H groups in total. The minimum absolute atomic E-state index is 0.397. The van der Waals surface area contributed by atoms with Crippen LogP contribution in [0.25, 0.3) is 0 Å². The molecular weight excluding hydrogens is 140 g/mol. The van der Waals surface area contributed by atoms with Crippen molar-refractivity contribution < 1.29 is 9.53 Å². The molecule has 2 heteroatoms. The molecule has 1 aliphatic carbocycles. The molecule has 0 aromatic rings. The number of ether oxygens (including phenoxy) is 1. The first-order valence-corrected chi connectivity index (χ1v) is 3.92. The van der Waals surface area contributed by atoms with E-state index < -0.39 is 5.97 Å². The summed E-state index contributed by atoms with van der Waals surface area (Å²) in [7, 11) is 0. The van der Waals surface area contributed by atoms with Crippen molar-refractivity contribution in [2.45, 2.75) is 20.3 Å². The highest BCUT2D eigenvalue weighted by Gasteiger charge is 2.30. The highest BCUT2D eigenvalue weighted by atomic mass is 16.5. The number of esters is 1. The molecule has 0 spiro atoms. The molecule has 1 fully saturated rings. The summed E-state index contributed by atoms with van der Waals surface area (Å²) < 4.78 is 4.64. The van der Waals surface area contributed by atoms with Crippen LogP contribution >= 0.6 is 0 Å². The van der Waals surface area contributed by atoms with E-state index in [1.807, 2.05) is 0 Å². The molecule has 2 unspecified atom stereocenters. The third-order valence-electron chi connectivity index (χ3n) is 1.74. The van der Waals surface area contributed by atoms with E-state index in [1.165, 1.54) is 0 Å². The van der Waals surface area contributed by atoms with Gasteiger partial charge in [0.1, 0.15) is 0 Å². The molecule has 0 aliphatic heterocycles. The van der Waals surface area contributed by atoms with E-state index in [0.717, 1.165) is 6.42 Å². The molecule has 0 amide bonds. The van der Waals surface area contributed by atoms with Gasteiger partial charge in [-0.15, -0.1) is 0 Å². The standard InChI is InChI=1S/C9H12O2/c1-3-11-9(10)5-4-8-6-7(8)2/h7-8H,3,6H2,1-2H3. The number of carbonyl (C=O) groups is 1. The molecule has 11 heavy (non-hydrogen) atoms. The smallest absolute Gasteiger partial charge is 0.384 e. The number of carbonyl (C=O) groups excluding carboxylic acids is 1. The largest absolute Gasteiger partial charge is 0.456 e. The van der Waals surface area contributed by atoms with Gasteiger partial charge < -0.3 is 4.74 Å². The fourth-order valence-corrected chi connectivity index (χ4v) is 0.842. The summed E-state index contributed by atoms with van der Waals surface area (Å²) in [5.41, 5.74) is 0. The van der Waals surface area contributed by atoms with Gasteiger partial charge in [0.15, 0.2) is 0 Å². The zero-order valence-electron chi connectivity index (χ0n) is 6.89. The molecule has 0 bridgehead atoms. The molecular formula is C9H12O2. The second-order valence-corrected chi connectivity index (χ2v) is 2.81. The molecule has 0 saturated heterocycles. The van der Waals surface area contributed by atoms with Gasteiger partial charge in [-0.05, 0) is 19.3 Å².